The molecule has 0 bridgehead atoms. The summed E-state index contributed by atoms with van der Waals surface area (Å²) in [5, 5.41) is 5.25. The van der Waals surface area contributed by atoms with Gasteiger partial charge in [-0.1, -0.05) is 50.1 Å². The topological polar surface area (TPSA) is 24.4 Å². The van der Waals surface area contributed by atoms with Gasteiger partial charge in [0.2, 0.25) is 0 Å². The van der Waals surface area contributed by atoms with E-state index in [2.05, 4.69) is 30.2 Å². The second kappa shape index (κ2) is 7.55. The van der Waals surface area contributed by atoms with E-state index in [-0.39, 0.29) is 0 Å². The molecule has 0 radical (unpaired) electrons. The van der Waals surface area contributed by atoms with Gasteiger partial charge in [0.05, 0.1) is 10.9 Å². The van der Waals surface area contributed by atoms with Crippen LogP contribution in [0.25, 0.3) is 0 Å². The first kappa shape index (κ1) is 15.2. The molecule has 19 heavy (non-hydrogen) atoms. The third-order valence-corrected chi connectivity index (χ3v) is 6.15. The first-order valence-corrected chi connectivity index (χ1v) is 8.99. The Kier molecular flexibility index (Phi) is 6.05. The molecule has 0 aliphatic carbocycles. The molecule has 1 atom stereocenters. The average molecular weight is 317 g/mol. The Morgan fingerprint density at radius 1 is 1.42 bits per heavy atom. The lowest BCUT2D eigenvalue weighted by atomic mass is 9.99. The second-order valence-electron chi connectivity index (χ2n) is 4.76. The molecule has 5 heteroatoms. The lowest BCUT2D eigenvalue weighted by molar-refractivity contribution is 0.479. The molecule has 1 aromatic rings. The second-order valence-corrected chi connectivity index (χ2v) is 7.79. The number of thioether (sulfide) groups is 1. The molecular weight excluding hydrogens is 296 g/mol. The molecule has 1 aliphatic heterocycles. The number of thiophene rings is 1. The van der Waals surface area contributed by atoms with Gasteiger partial charge >= 0.3 is 0 Å². The van der Waals surface area contributed by atoms with E-state index < -0.39 is 0 Å². The minimum Gasteiger partial charge on any atom is -0.365 e. The van der Waals surface area contributed by atoms with Crippen LogP contribution in [0.15, 0.2) is 17.1 Å². The molecule has 106 valence electrons. The maximum atomic E-state index is 5.92. The van der Waals surface area contributed by atoms with Gasteiger partial charge in [-0.05, 0) is 24.5 Å². The Hall–Kier alpha value is -0.190. The van der Waals surface area contributed by atoms with Crippen LogP contribution in [0.2, 0.25) is 4.34 Å². The van der Waals surface area contributed by atoms with Gasteiger partial charge in [-0.25, -0.2) is 0 Å². The van der Waals surface area contributed by atoms with E-state index in [1.54, 1.807) is 11.3 Å². The number of nitrogens with one attached hydrogen (secondary N) is 1. The van der Waals surface area contributed by atoms with Gasteiger partial charge in [0.15, 0.2) is 5.17 Å². The van der Waals surface area contributed by atoms with Crippen molar-refractivity contribution in [2.24, 2.45) is 10.9 Å². The molecule has 1 N–H and O–H groups in total. The minimum atomic E-state index is 0.675. The van der Waals surface area contributed by atoms with Crippen LogP contribution in [-0.4, -0.2) is 23.5 Å². The van der Waals surface area contributed by atoms with Gasteiger partial charge < -0.3 is 5.32 Å². The van der Waals surface area contributed by atoms with Gasteiger partial charge in [-0.15, -0.1) is 11.3 Å². The summed E-state index contributed by atoms with van der Waals surface area (Å²) in [6.07, 6.45) is 3.53. The highest BCUT2D eigenvalue weighted by atomic mass is 35.5. The molecule has 2 heterocycles. The lowest BCUT2D eigenvalue weighted by Gasteiger charge is -2.18. The fraction of sp³-hybridized carbons (Fsp3) is 0.643. The summed E-state index contributed by atoms with van der Waals surface area (Å²) in [7, 11) is 0. The van der Waals surface area contributed by atoms with Crippen molar-refractivity contribution in [3.63, 3.8) is 0 Å². The summed E-state index contributed by atoms with van der Waals surface area (Å²) in [6.45, 7) is 6.48. The Balaban J connectivity index is 1.70. The standard InChI is InChI=1S/C14H21ClN2S2/c1-3-10(4-2)12-9-17-14(19-12)16-8-7-11-5-6-13(15)18-11/h5-6,10,12H,3-4,7-9H2,1-2H3,(H,16,17). The summed E-state index contributed by atoms with van der Waals surface area (Å²) in [6, 6.07) is 4.07. The number of nitrogens with zero attached hydrogens (tertiary/aromatic N) is 1. The third-order valence-electron chi connectivity index (χ3n) is 3.53. The predicted molar refractivity (Wildman–Crippen MR) is 88.8 cm³/mol. The highest BCUT2D eigenvalue weighted by Gasteiger charge is 2.25. The van der Waals surface area contributed by atoms with E-state index >= 15 is 0 Å². The SMILES string of the molecule is CCC(CC)C1CN=C(NCCc2ccc(Cl)s2)S1. The molecule has 0 saturated heterocycles. The molecule has 2 rings (SSSR count). The third kappa shape index (κ3) is 4.40. The van der Waals surface area contributed by atoms with Crippen molar-refractivity contribution in [3.05, 3.63) is 21.3 Å². The number of amidine groups is 1. The van der Waals surface area contributed by atoms with Gasteiger partial charge in [0.25, 0.3) is 0 Å². The zero-order chi connectivity index (χ0) is 13.7. The van der Waals surface area contributed by atoms with Crippen LogP contribution in [-0.2, 0) is 6.42 Å². The van der Waals surface area contributed by atoms with Crippen molar-refractivity contribution in [3.8, 4) is 0 Å². The Morgan fingerprint density at radius 3 is 2.84 bits per heavy atom. The first-order chi connectivity index (χ1) is 9.22. The smallest absolute Gasteiger partial charge is 0.156 e. The monoisotopic (exact) mass is 316 g/mol. The van der Waals surface area contributed by atoms with E-state index in [1.807, 2.05) is 17.8 Å². The van der Waals surface area contributed by atoms with E-state index in [9.17, 15) is 0 Å². The fourth-order valence-electron chi connectivity index (χ4n) is 2.33. The molecule has 2 nitrogen and oxygen atoms in total. The van der Waals surface area contributed by atoms with Crippen molar-refractivity contribution < 1.29 is 0 Å². The van der Waals surface area contributed by atoms with Crippen LogP contribution >= 0.6 is 34.7 Å². The zero-order valence-corrected chi connectivity index (χ0v) is 13.9. The van der Waals surface area contributed by atoms with Crippen LogP contribution in [0.1, 0.15) is 31.6 Å². The highest BCUT2D eigenvalue weighted by Crippen LogP contribution is 2.30. The van der Waals surface area contributed by atoms with E-state index in [0.717, 1.165) is 34.9 Å². The average Bonchev–Trinajstić information content (AvgIpc) is 3.01. The summed E-state index contributed by atoms with van der Waals surface area (Å²) < 4.78 is 0.872. The molecule has 1 aliphatic rings. The van der Waals surface area contributed by atoms with E-state index in [1.165, 1.54) is 17.7 Å². The molecule has 0 spiro atoms. The number of halogens is 1. The summed E-state index contributed by atoms with van der Waals surface area (Å²) in [5.74, 6) is 0.796. The van der Waals surface area contributed by atoms with Gasteiger partial charge in [0, 0.05) is 16.7 Å². The van der Waals surface area contributed by atoms with Crippen LogP contribution in [0.3, 0.4) is 0 Å². The Bertz CT molecular complexity index is 427. The van der Waals surface area contributed by atoms with Crippen LogP contribution in [0.4, 0.5) is 0 Å². The molecule has 1 aromatic heterocycles. The van der Waals surface area contributed by atoms with E-state index in [0.29, 0.717) is 5.25 Å². The fourth-order valence-corrected chi connectivity index (χ4v) is 4.76. The zero-order valence-electron chi connectivity index (χ0n) is 11.5. The van der Waals surface area contributed by atoms with Gasteiger partial charge in [-0.2, -0.15) is 0 Å². The van der Waals surface area contributed by atoms with Crippen LogP contribution in [0, 0.1) is 5.92 Å². The van der Waals surface area contributed by atoms with Crippen LogP contribution in [0.5, 0.6) is 0 Å². The molecule has 0 fully saturated rings. The quantitative estimate of drug-likeness (QED) is 0.839. The normalized spacial score (nSPS) is 18.9. The predicted octanol–water partition coefficient (Wildman–Crippen LogP) is 4.44. The van der Waals surface area contributed by atoms with Gasteiger partial charge in [-0.3, -0.25) is 4.99 Å². The van der Waals surface area contributed by atoms with Crippen molar-refractivity contribution in [2.75, 3.05) is 13.1 Å². The number of hydrogen-bond acceptors (Lipinski definition) is 4. The minimum absolute atomic E-state index is 0.675. The number of hydrogen-bond donors (Lipinski definition) is 1. The summed E-state index contributed by atoms with van der Waals surface area (Å²) in [4.78, 5) is 5.95. The maximum Gasteiger partial charge on any atom is 0.156 e. The molecule has 0 aromatic carbocycles. The number of rotatable bonds is 6. The van der Waals surface area contributed by atoms with Gasteiger partial charge in [0.1, 0.15) is 0 Å². The van der Waals surface area contributed by atoms with Crippen molar-refractivity contribution in [1.29, 1.82) is 0 Å². The maximum absolute atomic E-state index is 5.92. The Labute approximate surface area is 129 Å². The summed E-state index contributed by atoms with van der Waals surface area (Å²) >= 11 is 9.51. The first-order valence-electron chi connectivity index (χ1n) is 6.92. The lowest BCUT2D eigenvalue weighted by Crippen LogP contribution is -2.23. The molecular formula is C14H21ClN2S2. The molecule has 1 unspecified atom stereocenters. The van der Waals surface area contributed by atoms with Crippen molar-refractivity contribution in [2.45, 2.75) is 38.4 Å². The highest BCUT2D eigenvalue weighted by molar-refractivity contribution is 8.14. The Morgan fingerprint density at radius 2 is 2.21 bits per heavy atom. The van der Waals surface area contributed by atoms with Crippen molar-refractivity contribution >= 4 is 39.9 Å². The molecule has 0 saturated carbocycles. The largest absolute Gasteiger partial charge is 0.365 e. The van der Waals surface area contributed by atoms with Crippen molar-refractivity contribution in [1.82, 2.24) is 5.32 Å². The molecule has 0 amide bonds. The number of aliphatic imine (C=N–C) groups is 1. The summed E-state index contributed by atoms with van der Waals surface area (Å²) in [5.41, 5.74) is 0. The van der Waals surface area contributed by atoms with E-state index in [4.69, 9.17) is 11.6 Å². The van der Waals surface area contributed by atoms with Crippen LogP contribution < -0.4 is 5.32 Å².